The van der Waals surface area contributed by atoms with E-state index in [-0.39, 0.29) is 5.91 Å². The fourth-order valence-corrected chi connectivity index (χ4v) is 2.90. The number of aryl methyl sites for hydroxylation is 1. The van der Waals surface area contributed by atoms with Crippen molar-refractivity contribution in [2.45, 2.75) is 32.9 Å². The lowest BCUT2D eigenvalue weighted by Gasteiger charge is -2.12. The average Bonchev–Trinajstić information content (AvgIpc) is 2.48. The number of benzene rings is 1. The van der Waals surface area contributed by atoms with Crippen LogP contribution >= 0.6 is 11.8 Å². The number of amides is 1. The number of hydrogen-bond donors (Lipinski definition) is 1. The molecule has 0 saturated carbocycles. The van der Waals surface area contributed by atoms with Gasteiger partial charge in [-0.05, 0) is 42.5 Å². The van der Waals surface area contributed by atoms with E-state index in [4.69, 9.17) is 9.47 Å². The number of carbonyl (C=O) groups excluding carboxylic acids is 1. The van der Waals surface area contributed by atoms with Gasteiger partial charge in [0.2, 0.25) is 5.91 Å². The van der Waals surface area contributed by atoms with Gasteiger partial charge in [0, 0.05) is 12.3 Å². The zero-order chi connectivity index (χ0) is 16.5. The molecule has 1 rings (SSSR count). The quantitative estimate of drug-likeness (QED) is 0.756. The van der Waals surface area contributed by atoms with Crippen molar-refractivity contribution >= 4 is 17.7 Å². The predicted molar refractivity (Wildman–Crippen MR) is 92.9 cm³/mol. The summed E-state index contributed by atoms with van der Waals surface area (Å²) in [6, 6.07) is 3.95. The summed E-state index contributed by atoms with van der Waals surface area (Å²) in [5.74, 6) is 3.44. The third-order valence-electron chi connectivity index (χ3n) is 3.38. The number of nitrogens with one attached hydrogen (secondary N) is 1. The van der Waals surface area contributed by atoms with Crippen LogP contribution < -0.4 is 14.8 Å². The van der Waals surface area contributed by atoms with Crippen molar-refractivity contribution < 1.29 is 14.3 Å². The van der Waals surface area contributed by atoms with E-state index in [2.05, 4.69) is 19.2 Å². The van der Waals surface area contributed by atoms with Crippen molar-refractivity contribution in [3.05, 3.63) is 23.3 Å². The molecule has 0 spiro atoms. The molecule has 0 heterocycles. The van der Waals surface area contributed by atoms with Gasteiger partial charge in [-0.1, -0.05) is 13.8 Å². The summed E-state index contributed by atoms with van der Waals surface area (Å²) in [7, 11) is 3.26. The molecule has 1 amide bonds. The van der Waals surface area contributed by atoms with Crippen LogP contribution in [-0.4, -0.2) is 32.4 Å². The van der Waals surface area contributed by atoms with Crippen molar-refractivity contribution in [3.63, 3.8) is 0 Å². The average molecular weight is 325 g/mol. The molecule has 0 radical (unpaired) electrons. The Bertz CT molecular complexity index is 489. The standard InChI is InChI=1S/C17H27NO3S/c1-12(2)6-7-18-17(19)11-22-10-14-9-16(21-5)15(20-4)8-13(14)3/h8-9,12H,6-7,10-11H2,1-5H3,(H,18,19). The first-order chi connectivity index (χ1) is 10.5. The molecule has 0 aliphatic heterocycles. The zero-order valence-corrected chi connectivity index (χ0v) is 15.0. The Hall–Kier alpha value is -1.36. The minimum absolute atomic E-state index is 0.101. The van der Waals surface area contributed by atoms with Crippen LogP contribution in [0.1, 0.15) is 31.4 Å². The van der Waals surface area contributed by atoms with E-state index >= 15 is 0 Å². The Balaban J connectivity index is 2.46. The van der Waals surface area contributed by atoms with Gasteiger partial charge in [0.25, 0.3) is 0 Å². The first-order valence-electron chi connectivity index (χ1n) is 7.53. The molecule has 0 saturated heterocycles. The fourth-order valence-electron chi connectivity index (χ4n) is 1.98. The van der Waals surface area contributed by atoms with Gasteiger partial charge in [0.1, 0.15) is 0 Å². The van der Waals surface area contributed by atoms with E-state index in [9.17, 15) is 4.79 Å². The minimum atomic E-state index is 0.101. The summed E-state index contributed by atoms with van der Waals surface area (Å²) >= 11 is 1.61. The number of methoxy groups -OCH3 is 2. The third kappa shape index (κ3) is 6.18. The van der Waals surface area contributed by atoms with Crippen LogP contribution in [0.25, 0.3) is 0 Å². The molecule has 124 valence electrons. The smallest absolute Gasteiger partial charge is 0.230 e. The second kappa shape index (κ2) is 9.62. The van der Waals surface area contributed by atoms with Crippen molar-refractivity contribution in [1.29, 1.82) is 0 Å². The number of hydrogen-bond acceptors (Lipinski definition) is 4. The molecular weight excluding hydrogens is 298 g/mol. The van der Waals surface area contributed by atoms with E-state index in [1.54, 1.807) is 26.0 Å². The molecule has 0 aliphatic rings. The number of carbonyl (C=O) groups is 1. The number of rotatable bonds is 9. The van der Waals surface area contributed by atoms with Crippen LogP contribution in [0.5, 0.6) is 11.5 Å². The highest BCUT2D eigenvalue weighted by molar-refractivity contribution is 7.99. The molecule has 4 nitrogen and oxygen atoms in total. The summed E-state index contributed by atoms with van der Waals surface area (Å²) in [6.45, 7) is 7.11. The molecule has 0 aromatic heterocycles. The number of thioether (sulfide) groups is 1. The summed E-state index contributed by atoms with van der Waals surface area (Å²) in [5, 5.41) is 2.95. The van der Waals surface area contributed by atoms with E-state index < -0.39 is 0 Å². The van der Waals surface area contributed by atoms with Crippen LogP contribution in [0, 0.1) is 12.8 Å². The number of ether oxygens (including phenoxy) is 2. The van der Waals surface area contributed by atoms with Gasteiger partial charge in [0.05, 0.1) is 20.0 Å². The highest BCUT2D eigenvalue weighted by atomic mass is 32.2. The van der Waals surface area contributed by atoms with Gasteiger partial charge >= 0.3 is 0 Å². The monoisotopic (exact) mass is 325 g/mol. The van der Waals surface area contributed by atoms with Gasteiger partial charge in [-0.15, -0.1) is 11.8 Å². The highest BCUT2D eigenvalue weighted by Gasteiger charge is 2.09. The van der Waals surface area contributed by atoms with Crippen molar-refractivity contribution in [1.82, 2.24) is 5.32 Å². The Labute approximate surface area is 138 Å². The lowest BCUT2D eigenvalue weighted by Crippen LogP contribution is -2.26. The highest BCUT2D eigenvalue weighted by Crippen LogP contribution is 2.31. The topological polar surface area (TPSA) is 47.6 Å². The summed E-state index contributed by atoms with van der Waals surface area (Å²) in [4.78, 5) is 11.7. The second-order valence-corrected chi connectivity index (χ2v) is 6.64. The lowest BCUT2D eigenvalue weighted by molar-refractivity contribution is -0.118. The van der Waals surface area contributed by atoms with Crippen molar-refractivity contribution in [2.75, 3.05) is 26.5 Å². The minimum Gasteiger partial charge on any atom is -0.493 e. The van der Waals surface area contributed by atoms with Crippen molar-refractivity contribution in [2.24, 2.45) is 5.92 Å². The molecule has 0 bridgehead atoms. The molecular formula is C17H27NO3S. The van der Waals surface area contributed by atoms with E-state index in [0.29, 0.717) is 11.7 Å². The normalized spacial score (nSPS) is 10.6. The Morgan fingerprint density at radius 2 is 1.86 bits per heavy atom. The maximum absolute atomic E-state index is 11.7. The molecule has 0 fully saturated rings. The van der Waals surface area contributed by atoms with Crippen LogP contribution in [0.2, 0.25) is 0 Å². The summed E-state index contributed by atoms with van der Waals surface area (Å²) in [5.41, 5.74) is 2.31. The molecule has 1 aromatic carbocycles. The Kier molecular flexibility index (Phi) is 8.17. The first kappa shape index (κ1) is 18.7. The van der Waals surface area contributed by atoms with E-state index in [0.717, 1.165) is 41.3 Å². The van der Waals surface area contributed by atoms with Gasteiger partial charge in [0.15, 0.2) is 11.5 Å². The maximum Gasteiger partial charge on any atom is 0.230 e. The fraction of sp³-hybridized carbons (Fsp3) is 0.588. The summed E-state index contributed by atoms with van der Waals surface area (Å²) in [6.07, 6.45) is 1.02. The van der Waals surface area contributed by atoms with Gasteiger partial charge in [-0.3, -0.25) is 4.79 Å². The second-order valence-electron chi connectivity index (χ2n) is 5.66. The molecule has 0 aliphatic carbocycles. The molecule has 1 aromatic rings. The SMILES string of the molecule is COc1cc(C)c(CSCC(=O)NCCC(C)C)cc1OC. The van der Waals surface area contributed by atoms with Crippen LogP contribution in [-0.2, 0) is 10.5 Å². The van der Waals surface area contributed by atoms with Gasteiger partial charge in [-0.2, -0.15) is 0 Å². The third-order valence-corrected chi connectivity index (χ3v) is 4.36. The Morgan fingerprint density at radius 3 is 2.45 bits per heavy atom. The molecule has 5 heteroatoms. The maximum atomic E-state index is 11.7. The molecule has 1 N–H and O–H groups in total. The van der Waals surface area contributed by atoms with E-state index in [1.165, 1.54) is 0 Å². The van der Waals surface area contributed by atoms with Crippen LogP contribution in [0.15, 0.2) is 12.1 Å². The molecule has 22 heavy (non-hydrogen) atoms. The lowest BCUT2D eigenvalue weighted by atomic mass is 10.1. The van der Waals surface area contributed by atoms with Gasteiger partial charge < -0.3 is 14.8 Å². The van der Waals surface area contributed by atoms with E-state index in [1.807, 2.05) is 19.1 Å². The summed E-state index contributed by atoms with van der Waals surface area (Å²) < 4.78 is 10.6. The van der Waals surface area contributed by atoms with Gasteiger partial charge in [-0.25, -0.2) is 0 Å². The Morgan fingerprint density at radius 1 is 1.23 bits per heavy atom. The molecule has 0 unspecified atom stereocenters. The van der Waals surface area contributed by atoms with Crippen LogP contribution in [0.4, 0.5) is 0 Å². The molecule has 0 atom stereocenters. The first-order valence-corrected chi connectivity index (χ1v) is 8.69. The van der Waals surface area contributed by atoms with Crippen LogP contribution in [0.3, 0.4) is 0 Å². The zero-order valence-electron chi connectivity index (χ0n) is 14.2. The van der Waals surface area contributed by atoms with Crippen molar-refractivity contribution in [3.8, 4) is 11.5 Å². The predicted octanol–water partition coefficient (Wildman–Crippen LogP) is 3.41. The largest absolute Gasteiger partial charge is 0.493 e.